The van der Waals surface area contributed by atoms with Gasteiger partial charge in [-0.3, -0.25) is 4.79 Å². The molecule has 0 saturated carbocycles. The number of aldehydes is 1. The van der Waals surface area contributed by atoms with Gasteiger partial charge in [0.25, 0.3) is 0 Å². The maximum absolute atomic E-state index is 11.8. The molecule has 0 aliphatic rings. The Morgan fingerprint density at radius 1 is 1.27 bits per heavy atom. The largest absolute Gasteiger partial charge is 0.303 e. The first-order valence-corrected chi connectivity index (χ1v) is 5.01. The van der Waals surface area contributed by atoms with Gasteiger partial charge in [-0.15, -0.1) is 0 Å². The van der Waals surface area contributed by atoms with Gasteiger partial charge in [-0.05, 0) is 6.92 Å². The predicted octanol–water partition coefficient (Wildman–Crippen LogP) is 2.79. The van der Waals surface area contributed by atoms with Crippen molar-refractivity contribution in [2.45, 2.75) is 27.2 Å². The summed E-state index contributed by atoms with van der Waals surface area (Å²) < 4.78 is 0. The molecule has 0 aliphatic heterocycles. The number of aryl methyl sites for hydroxylation is 1. The Balaban J connectivity index is 2.78. The molecule has 1 rings (SSSR count). The molecule has 1 aromatic rings. The van der Waals surface area contributed by atoms with Crippen LogP contribution in [0.2, 0.25) is 0 Å². The first-order valence-electron chi connectivity index (χ1n) is 5.01. The molecular weight excluding hydrogens is 188 g/mol. The van der Waals surface area contributed by atoms with Gasteiger partial charge in [0.2, 0.25) is 0 Å². The third-order valence-electron chi connectivity index (χ3n) is 2.31. The standard InChI is InChI=1S/C13H16O2/c1-10-4-6-11(7-5-10)12(15)8-13(2,3)9-14/h4-7,9H,8H2,1-3H3. The van der Waals surface area contributed by atoms with Crippen molar-refractivity contribution >= 4 is 12.1 Å². The van der Waals surface area contributed by atoms with E-state index in [1.54, 1.807) is 26.0 Å². The number of ketones is 1. The summed E-state index contributed by atoms with van der Waals surface area (Å²) in [6, 6.07) is 7.42. The van der Waals surface area contributed by atoms with Gasteiger partial charge in [-0.2, -0.15) is 0 Å². The molecular formula is C13H16O2. The smallest absolute Gasteiger partial charge is 0.163 e. The van der Waals surface area contributed by atoms with Crippen molar-refractivity contribution in [3.63, 3.8) is 0 Å². The number of Topliss-reactive ketones (excluding diaryl/α,β-unsaturated/α-hetero) is 1. The molecule has 1 aromatic carbocycles. The zero-order valence-corrected chi connectivity index (χ0v) is 9.41. The summed E-state index contributed by atoms with van der Waals surface area (Å²) in [6.45, 7) is 5.52. The van der Waals surface area contributed by atoms with Crippen LogP contribution >= 0.6 is 0 Å². The molecule has 0 atom stereocenters. The quantitative estimate of drug-likeness (QED) is 0.558. The maximum atomic E-state index is 11.8. The number of rotatable bonds is 4. The predicted molar refractivity (Wildman–Crippen MR) is 60.0 cm³/mol. The van der Waals surface area contributed by atoms with Crippen molar-refractivity contribution in [1.29, 1.82) is 0 Å². The van der Waals surface area contributed by atoms with Crippen LogP contribution in [-0.4, -0.2) is 12.1 Å². The fourth-order valence-electron chi connectivity index (χ4n) is 1.30. The molecule has 0 fully saturated rings. The van der Waals surface area contributed by atoms with Crippen molar-refractivity contribution in [2.75, 3.05) is 0 Å². The van der Waals surface area contributed by atoms with Crippen molar-refractivity contribution in [1.82, 2.24) is 0 Å². The summed E-state index contributed by atoms with van der Waals surface area (Å²) in [7, 11) is 0. The third-order valence-corrected chi connectivity index (χ3v) is 2.31. The second-order valence-corrected chi connectivity index (χ2v) is 4.57. The molecule has 0 bridgehead atoms. The zero-order valence-electron chi connectivity index (χ0n) is 9.41. The van der Waals surface area contributed by atoms with Crippen LogP contribution in [0, 0.1) is 12.3 Å². The fourth-order valence-corrected chi connectivity index (χ4v) is 1.30. The van der Waals surface area contributed by atoms with Crippen LogP contribution in [0.1, 0.15) is 36.2 Å². The van der Waals surface area contributed by atoms with Gasteiger partial charge in [0.15, 0.2) is 5.78 Å². The van der Waals surface area contributed by atoms with Crippen LogP contribution < -0.4 is 0 Å². The van der Waals surface area contributed by atoms with Gasteiger partial charge in [0.1, 0.15) is 6.29 Å². The van der Waals surface area contributed by atoms with E-state index < -0.39 is 5.41 Å². The van der Waals surface area contributed by atoms with E-state index >= 15 is 0 Å². The Bertz CT molecular complexity index is 361. The van der Waals surface area contributed by atoms with Crippen LogP contribution in [-0.2, 0) is 4.79 Å². The summed E-state index contributed by atoms with van der Waals surface area (Å²) in [4.78, 5) is 22.5. The zero-order chi connectivity index (χ0) is 11.5. The molecule has 2 heteroatoms. The highest BCUT2D eigenvalue weighted by Crippen LogP contribution is 2.20. The van der Waals surface area contributed by atoms with E-state index in [9.17, 15) is 9.59 Å². The van der Waals surface area contributed by atoms with E-state index in [0.29, 0.717) is 5.56 Å². The molecule has 0 aromatic heterocycles. The molecule has 0 amide bonds. The summed E-state index contributed by atoms with van der Waals surface area (Å²) >= 11 is 0. The lowest BCUT2D eigenvalue weighted by atomic mass is 9.87. The first kappa shape index (κ1) is 11.6. The highest BCUT2D eigenvalue weighted by atomic mass is 16.1. The van der Waals surface area contributed by atoms with Crippen molar-refractivity contribution in [2.24, 2.45) is 5.41 Å². The number of carbonyl (C=O) groups is 2. The van der Waals surface area contributed by atoms with Crippen molar-refractivity contribution < 1.29 is 9.59 Å². The highest BCUT2D eigenvalue weighted by molar-refractivity contribution is 5.97. The minimum absolute atomic E-state index is 0.0205. The number of hydrogen-bond acceptors (Lipinski definition) is 2. The molecule has 15 heavy (non-hydrogen) atoms. The van der Waals surface area contributed by atoms with Crippen LogP contribution in [0.25, 0.3) is 0 Å². The molecule has 2 nitrogen and oxygen atoms in total. The summed E-state index contributed by atoms with van der Waals surface area (Å²) in [5.74, 6) is 0.0205. The molecule has 0 aliphatic carbocycles. The number of carbonyl (C=O) groups excluding carboxylic acids is 2. The summed E-state index contributed by atoms with van der Waals surface area (Å²) in [5.41, 5.74) is 1.24. The first-order chi connectivity index (χ1) is 6.94. The van der Waals surface area contributed by atoms with E-state index in [4.69, 9.17) is 0 Å². The topological polar surface area (TPSA) is 34.1 Å². The Labute approximate surface area is 90.3 Å². The Kier molecular flexibility index (Phi) is 3.40. The minimum Gasteiger partial charge on any atom is -0.303 e. The van der Waals surface area contributed by atoms with E-state index in [-0.39, 0.29) is 12.2 Å². The lowest BCUT2D eigenvalue weighted by molar-refractivity contribution is -0.114. The minimum atomic E-state index is -0.567. The average molecular weight is 204 g/mol. The summed E-state index contributed by atoms with van der Waals surface area (Å²) in [5, 5.41) is 0. The molecule has 0 heterocycles. The van der Waals surface area contributed by atoms with Crippen molar-refractivity contribution in [3.8, 4) is 0 Å². The van der Waals surface area contributed by atoms with E-state index in [1.165, 1.54) is 0 Å². The highest BCUT2D eigenvalue weighted by Gasteiger charge is 2.21. The maximum Gasteiger partial charge on any atom is 0.163 e. The van der Waals surface area contributed by atoms with Gasteiger partial charge in [0, 0.05) is 17.4 Å². The average Bonchev–Trinajstić information content (AvgIpc) is 2.18. The Morgan fingerprint density at radius 2 is 1.80 bits per heavy atom. The molecule has 0 radical (unpaired) electrons. The Morgan fingerprint density at radius 3 is 2.27 bits per heavy atom. The van der Waals surface area contributed by atoms with Gasteiger partial charge >= 0.3 is 0 Å². The molecule has 0 unspecified atom stereocenters. The van der Waals surface area contributed by atoms with Gasteiger partial charge in [-0.25, -0.2) is 0 Å². The second-order valence-electron chi connectivity index (χ2n) is 4.57. The molecule has 0 spiro atoms. The second kappa shape index (κ2) is 4.39. The lowest BCUT2D eigenvalue weighted by Gasteiger charge is -2.15. The van der Waals surface area contributed by atoms with E-state index in [2.05, 4.69) is 0 Å². The molecule has 0 N–H and O–H groups in total. The number of hydrogen-bond donors (Lipinski definition) is 0. The van der Waals surface area contributed by atoms with Crippen LogP contribution in [0.3, 0.4) is 0 Å². The lowest BCUT2D eigenvalue weighted by Crippen LogP contribution is -2.18. The van der Waals surface area contributed by atoms with Crippen LogP contribution in [0.15, 0.2) is 24.3 Å². The van der Waals surface area contributed by atoms with E-state index in [0.717, 1.165) is 11.8 Å². The van der Waals surface area contributed by atoms with Gasteiger partial charge < -0.3 is 4.79 Å². The molecule has 0 saturated heterocycles. The third kappa shape index (κ3) is 3.31. The van der Waals surface area contributed by atoms with E-state index in [1.807, 2.05) is 19.1 Å². The van der Waals surface area contributed by atoms with Crippen LogP contribution in [0.4, 0.5) is 0 Å². The number of benzene rings is 1. The van der Waals surface area contributed by atoms with Gasteiger partial charge in [0.05, 0.1) is 0 Å². The molecule has 80 valence electrons. The monoisotopic (exact) mass is 204 g/mol. The van der Waals surface area contributed by atoms with Crippen LogP contribution in [0.5, 0.6) is 0 Å². The Hall–Kier alpha value is -1.44. The fraction of sp³-hybridized carbons (Fsp3) is 0.385. The summed E-state index contributed by atoms with van der Waals surface area (Å²) in [6.07, 6.45) is 1.10. The normalized spacial score (nSPS) is 11.1. The van der Waals surface area contributed by atoms with Crippen molar-refractivity contribution in [3.05, 3.63) is 35.4 Å². The van der Waals surface area contributed by atoms with Gasteiger partial charge in [-0.1, -0.05) is 43.7 Å². The SMILES string of the molecule is Cc1ccc(C(=O)CC(C)(C)C=O)cc1.